The maximum absolute atomic E-state index is 13.2. The summed E-state index contributed by atoms with van der Waals surface area (Å²) in [5.74, 6) is -0.528. The van der Waals surface area contributed by atoms with E-state index in [0.29, 0.717) is 12.0 Å². The third-order valence-corrected chi connectivity index (χ3v) is 4.72. The van der Waals surface area contributed by atoms with Gasteiger partial charge in [0.25, 0.3) is 0 Å². The second-order valence-electron chi connectivity index (χ2n) is 6.46. The lowest BCUT2D eigenvalue weighted by atomic mass is 9.95. The number of carbonyl (C=O) groups is 1. The molecular formula is C20H19FO2S. The molecule has 0 aliphatic carbocycles. The van der Waals surface area contributed by atoms with E-state index in [-0.39, 0.29) is 11.8 Å². The van der Waals surface area contributed by atoms with E-state index in [4.69, 9.17) is 4.74 Å². The van der Waals surface area contributed by atoms with Crippen molar-refractivity contribution in [1.29, 1.82) is 0 Å². The van der Waals surface area contributed by atoms with Crippen LogP contribution in [0.5, 0.6) is 0 Å². The summed E-state index contributed by atoms with van der Waals surface area (Å²) in [6, 6.07) is 12.5. The van der Waals surface area contributed by atoms with E-state index in [2.05, 4.69) is 6.07 Å². The molecule has 0 spiro atoms. The van der Waals surface area contributed by atoms with Gasteiger partial charge in [0.05, 0.1) is 0 Å². The zero-order chi connectivity index (χ0) is 17.3. The van der Waals surface area contributed by atoms with Gasteiger partial charge in [-0.2, -0.15) is 0 Å². The average molecular weight is 342 g/mol. The third kappa shape index (κ3) is 3.54. The molecule has 0 unspecified atom stereocenters. The van der Waals surface area contributed by atoms with Crippen molar-refractivity contribution >= 4 is 23.8 Å². The first-order chi connectivity index (χ1) is 11.4. The van der Waals surface area contributed by atoms with Crippen LogP contribution >= 0.6 is 11.8 Å². The summed E-state index contributed by atoms with van der Waals surface area (Å²) in [5.41, 5.74) is 3.04. The molecule has 124 valence electrons. The third-order valence-electron chi connectivity index (χ3n) is 3.99. The van der Waals surface area contributed by atoms with Crippen LogP contribution in [0.2, 0.25) is 0 Å². The molecule has 0 atom stereocenters. The Morgan fingerprint density at radius 2 is 1.88 bits per heavy atom. The van der Waals surface area contributed by atoms with Gasteiger partial charge >= 0.3 is 5.97 Å². The van der Waals surface area contributed by atoms with Crippen molar-refractivity contribution in [2.75, 3.05) is 6.26 Å². The standard InChI is InChI=1S/C20H19FO2S/c1-20(2)12-15(19(22)23-20)10-14-6-9-17(24-3)11-18(14)13-4-7-16(21)8-5-13/h4-11H,12H2,1-3H3/b15-10+. The Morgan fingerprint density at radius 3 is 2.46 bits per heavy atom. The number of cyclic esters (lactones) is 1. The van der Waals surface area contributed by atoms with Gasteiger partial charge in [-0.25, -0.2) is 9.18 Å². The maximum atomic E-state index is 13.2. The first-order valence-corrected chi connectivity index (χ1v) is 8.98. The van der Waals surface area contributed by atoms with Crippen molar-refractivity contribution < 1.29 is 13.9 Å². The molecule has 2 nitrogen and oxygen atoms in total. The Labute approximate surface area is 145 Å². The highest BCUT2D eigenvalue weighted by molar-refractivity contribution is 7.98. The van der Waals surface area contributed by atoms with Gasteiger partial charge in [-0.3, -0.25) is 0 Å². The molecule has 0 saturated carbocycles. The Kier molecular flexibility index (Phi) is 4.50. The molecule has 0 aromatic heterocycles. The molecule has 1 heterocycles. The molecule has 4 heteroatoms. The first-order valence-electron chi connectivity index (χ1n) is 7.76. The van der Waals surface area contributed by atoms with E-state index in [1.165, 1.54) is 12.1 Å². The molecule has 0 bridgehead atoms. The number of esters is 1. The van der Waals surface area contributed by atoms with E-state index >= 15 is 0 Å². The number of carbonyl (C=O) groups excluding carboxylic acids is 1. The summed E-state index contributed by atoms with van der Waals surface area (Å²) in [6.07, 6.45) is 4.48. The molecule has 0 radical (unpaired) electrons. The molecular weight excluding hydrogens is 323 g/mol. The lowest BCUT2D eigenvalue weighted by molar-refractivity contribution is -0.143. The molecule has 1 fully saturated rings. The van der Waals surface area contributed by atoms with E-state index in [9.17, 15) is 9.18 Å². The number of thioether (sulfide) groups is 1. The number of benzene rings is 2. The van der Waals surface area contributed by atoms with Crippen LogP contribution in [0.1, 0.15) is 25.8 Å². The monoisotopic (exact) mass is 342 g/mol. The van der Waals surface area contributed by atoms with Crippen LogP contribution in [0.15, 0.2) is 52.9 Å². The van der Waals surface area contributed by atoms with E-state index in [1.807, 2.05) is 38.3 Å². The highest BCUT2D eigenvalue weighted by Crippen LogP contribution is 2.34. The summed E-state index contributed by atoms with van der Waals surface area (Å²) in [7, 11) is 0. The van der Waals surface area contributed by atoms with Crippen LogP contribution in [0.25, 0.3) is 17.2 Å². The van der Waals surface area contributed by atoms with Crippen molar-refractivity contribution in [1.82, 2.24) is 0 Å². The molecule has 24 heavy (non-hydrogen) atoms. The van der Waals surface area contributed by atoms with E-state index in [0.717, 1.165) is 21.6 Å². The summed E-state index contributed by atoms with van der Waals surface area (Å²) >= 11 is 1.65. The van der Waals surface area contributed by atoms with Crippen LogP contribution in [-0.2, 0) is 9.53 Å². The van der Waals surface area contributed by atoms with E-state index < -0.39 is 5.60 Å². The Morgan fingerprint density at radius 1 is 1.17 bits per heavy atom. The fourth-order valence-electron chi connectivity index (χ4n) is 2.85. The van der Waals surface area contributed by atoms with Crippen LogP contribution in [0.4, 0.5) is 4.39 Å². The zero-order valence-electron chi connectivity index (χ0n) is 13.9. The number of hydrogen-bond donors (Lipinski definition) is 0. The summed E-state index contributed by atoms with van der Waals surface area (Å²) in [5, 5.41) is 0. The second-order valence-corrected chi connectivity index (χ2v) is 7.34. The van der Waals surface area contributed by atoms with Gasteiger partial charge in [0.15, 0.2) is 0 Å². The summed E-state index contributed by atoms with van der Waals surface area (Å²) < 4.78 is 18.6. The fraction of sp³-hybridized carbons (Fsp3) is 0.250. The fourth-order valence-corrected chi connectivity index (χ4v) is 3.29. The SMILES string of the molecule is CSc1ccc(/C=C2\CC(C)(C)OC2=O)c(-c2ccc(F)cc2)c1. The number of rotatable bonds is 3. The Hall–Kier alpha value is -2.07. The molecule has 0 amide bonds. The van der Waals surface area contributed by atoms with Crippen LogP contribution < -0.4 is 0 Å². The molecule has 1 aliphatic heterocycles. The molecule has 1 aliphatic rings. The topological polar surface area (TPSA) is 26.3 Å². The van der Waals surface area contributed by atoms with E-state index in [1.54, 1.807) is 23.9 Å². The smallest absolute Gasteiger partial charge is 0.334 e. The lowest BCUT2D eigenvalue weighted by Gasteiger charge is -2.13. The predicted molar refractivity (Wildman–Crippen MR) is 96.4 cm³/mol. The van der Waals surface area contributed by atoms with Crippen molar-refractivity contribution in [2.24, 2.45) is 0 Å². The molecule has 0 N–H and O–H groups in total. The van der Waals surface area contributed by atoms with Gasteiger partial charge in [-0.05, 0) is 67.1 Å². The summed E-state index contributed by atoms with van der Waals surface area (Å²) in [4.78, 5) is 13.2. The number of hydrogen-bond acceptors (Lipinski definition) is 3. The van der Waals surface area contributed by atoms with Crippen molar-refractivity contribution in [3.05, 3.63) is 59.4 Å². The van der Waals surface area contributed by atoms with Crippen molar-refractivity contribution in [3.63, 3.8) is 0 Å². The zero-order valence-corrected chi connectivity index (χ0v) is 14.7. The number of ether oxygens (including phenoxy) is 1. The summed E-state index contributed by atoms with van der Waals surface area (Å²) in [6.45, 7) is 3.81. The molecule has 3 rings (SSSR count). The minimum absolute atomic E-state index is 0.263. The van der Waals surface area contributed by atoms with Gasteiger partial charge in [0.2, 0.25) is 0 Å². The number of halogens is 1. The lowest BCUT2D eigenvalue weighted by Crippen LogP contribution is -2.17. The van der Waals surface area contributed by atoms with Gasteiger partial charge in [-0.15, -0.1) is 11.8 Å². The van der Waals surface area contributed by atoms with Crippen LogP contribution in [-0.4, -0.2) is 17.8 Å². The average Bonchev–Trinajstić information content (AvgIpc) is 2.80. The van der Waals surface area contributed by atoms with Crippen LogP contribution in [0, 0.1) is 5.82 Å². The van der Waals surface area contributed by atoms with Gasteiger partial charge < -0.3 is 4.74 Å². The predicted octanol–water partition coefficient (Wildman–Crippen LogP) is 5.32. The largest absolute Gasteiger partial charge is 0.456 e. The highest BCUT2D eigenvalue weighted by Gasteiger charge is 2.35. The molecule has 1 saturated heterocycles. The van der Waals surface area contributed by atoms with Gasteiger partial charge in [-0.1, -0.05) is 18.2 Å². The minimum atomic E-state index is -0.460. The van der Waals surface area contributed by atoms with Crippen LogP contribution in [0.3, 0.4) is 0 Å². The van der Waals surface area contributed by atoms with Gasteiger partial charge in [0.1, 0.15) is 11.4 Å². The highest BCUT2D eigenvalue weighted by atomic mass is 32.2. The maximum Gasteiger partial charge on any atom is 0.334 e. The quantitative estimate of drug-likeness (QED) is 0.429. The van der Waals surface area contributed by atoms with Gasteiger partial charge in [0, 0.05) is 16.9 Å². The van der Waals surface area contributed by atoms with Crippen molar-refractivity contribution in [2.45, 2.75) is 30.8 Å². The van der Waals surface area contributed by atoms with Crippen molar-refractivity contribution in [3.8, 4) is 11.1 Å². The normalized spacial score (nSPS) is 18.0. The Balaban J connectivity index is 2.08. The molecule has 2 aromatic rings. The first kappa shape index (κ1) is 16.8. The molecule has 2 aromatic carbocycles. The second kappa shape index (κ2) is 6.44. The minimum Gasteiger partial charge on any atom is -0.456 e. The Bertz CT molecular complexity index is 807.